The first kappa shape index (κ1) is 4.71. The minimum absolute atomic E-state index is 0.824. The molecule has 2 nitrogen and oxygen atoms in total. The Kier molecular flexibility index (Phi) is 1.36. The molecule has 0 bridgehead atoms. The SMILES string of the molecule is CC=C1N=CS[N-]1. The first-order valence-corrected chi connectivity index (χ1v) is 2.83. The standard InChI is InChI=1S/C4H5N2S/c1-2-4-5-3-7-6-4/h2-3H,1H3/q-1. The maximum atomic E-state index is 3.91. The summed E-state index contributed by atoms with van der Waals surface area (Å²) in [6, 6.07) is 0. The van der Waals surface area contributed by atoms with Crippen molar-refractivity contribution in [2.75, 3.05) is 0 Å². The Labute approximate surface area is 46.8 Å². The van der Waals surface area contributed by atoms with Gasteiger partial charge >= 0.3 is 0 Å². The van der Waals surface area contributed by atoms with Crippen LogP contribution in [0.5, 0.6) is 0 Å². The van der Waals surface area contributed by atoms with E-state index in [0.29, 0.717) is 0 Å². The summed E-state index contributed by atoms with van der Waals surface area (Å²) in [6.45, 7) is 1.92. The molecule has 1 aliphatic heterocycles. The summed E-state index contributed by atoms with van der Waals surface area (Å²) in [6.07, 6.45) is 1.87. The van der Waals surface area contributed by atoms with Crippen molar-refractivity contribution in [3.63, 3.8) is 0 Å². The van der Waals surface area contributed by atoms with Gasteiger partial charge in [0.05, 0.1) is 0 Å². The van der Waals surface area contributed by atoms with Gasteiger partial charge in [0.15, 0.2) is 0 Å². The maximum absolute atomic E-state index is 3.91. The van der Waals surface area contributed by atoms with Gasteiger partial charge < -0.3 is 9.71 Å². The highest BCUT2D eigenvalue weighted by atomic mass is 32.2. The van der Waals surface area contributed by atoms with Crippen LogP contribution >= 0.6 is 11.9 Å². The first-order chi connectivity index (χ1) is 3.43. The van der Waals surface area contributed by atoms with Crippen molar-refractivity contribution in [1.29, 1.82) is 0 Å². The van der Waals surface area contributed by atoms with E-state index in [2.05, 4.69) is 9.71 Å². The average molecular weight is 113 g/mol. The normalized spacial score (nSPS) is 23.3. The molecule has 0 radical (unpaired) electrons. The van der Waals surface area contributed by atoms with E-state index < -0.39 is 0 Å². The molecule has 0 spiro atoms. The van der Waals surface area contributed by atoms with Gasteiger partial charge in [0.1, 0.15) is 0 Å². The van der Waals surface area contributed by atoms with Gasteiger partial charge in [-0.1, -0.05) is 11.9 Å². The topological polar surface area (TPSA) is 26.5 Å². The predicted molar refractivity (Wildman–Crippen MR) is 33.2 cm³/mol. The van der Waals surface area contributed by atoms with Gasteiger partial charge in [-0.2, -0.15) is 0 Å². The highest BCUT2D eigenvalue weighted by Gasteiger charge is 1.79. The molecule has 1 aliphatic rings. The van der Waals surface area contributed by atoms with Crippen LogP contribution in [0.3, 0.4) is 0 Å². The van der Waals surface area contributed by atoms with Gasteiger partial charge in [0, 0.05) is 0 Å². The van der Waals surface area contributed by atoms with Crippen molar-refractivity contribution in [3.8, 4) is 0 Å². The maximum Gasteiger partial charge on any atom is -0.0438 e. The number of aliphatic imine (C=N–C) groups is 1. The Balaban J connectivity index is 2.59. The van der Waals surface area contributed by atoms with Gasteiger partial charge in [-0.25, -0.2) is 0 Å². The fourth-order valence-electron chi connectivity index (χ4n) is 0.306. The molecule has 0 aromatic carbocycles. The summed E-state index contributed by atoms with van der Waals surface area (Å²) >= 11 is 1.37. The van der Waals surface area contributed by atoms with Crippen LogP contribution < -0.4 is 0 Å². The molecule has 0 aliphatic carbocycles. The molecule has 0 saturated carbocycles. The third-order valence-corrected chi connectivity index (χ3v) is 1.13. The van der Waals surface area contributed by atoms with Gasteiger partial charge in [-0.05, 0) is 12.5 Å². The van der Waals surface area contributed by atoms with Gasteiger partial charge in [-0.15, -0.1) is 11.9 Å². The lowest BCUT2D eigenvalue weighted by Gasteiger charge is -2.00. The van der Waals surface area contributed by atoms with Crippen LogP contribution in [0.25, 0.3) is 4.72 Å². The molecule has 0 unspecified atom stereocenters. The van der Waals surface area contributed by atoms with E-state index in [1.807, 2.05) is 13.0 Å². The summed E-state index contributed by atoms with van der Waals surface area (Å²) in [5, 5.41) is 0. The molecule has 0 fully saturated rings. The summed E-state index contributed by atoms with van der Waals surface area (Å²) in [7, 11) is 0. The van der Waals surface area contributed by atoms with E-state index in [1.165, 1.54) is 11.9 Å². The highest BCUT2D eigenvalue weighted by molar-refractivity contribution is 8.14. The molecule has 0 atom stereocenters. The Bertz CT molecular complexity index is 114. The molecule has 38 valence electrons. The van der Waals surface area contributed by atoms with Crippen LogP contribution in [0, 0.1) is 0 Å². The quantitative estimate of drug-likeness (QED) is 0.441. The van der Waals surface area contributed by atoms with E-state index in [9.17, 15) is 0 Å². The minimum Gasteiger partial charge on any atom is -0.437 e. The van der Waals surface area contributed by atoms with Crippen molar-refractivity contribution in [1.82, 2.24) is 0 Å². The number of allylic oxidation sites excluding steroid dienone is 1. The molecule has 7 heavy (non-hydrogen) atoms. The van der Waals surface area contributed by atoms with Gasteiger partial charge in [0.25, 0.3) is 0 Å². The second kappa shape index (κ2) is 2.02. The lowest BCUT2D eigenvalue weighted by molar-refractivity contribution is 1.42. The summed E-state index contributed by atoms with van der Waals surface area (Å²) < 4.78 is 3.91. The van der Waals surface area contributed by atoms with E-state index in [4.69, 9.17) is 0 Å². The Morgan fingerprint density at radius 3 is 3.14 bits per heavy atom. The third kappa shape index (κ3) is 0.962. The molecular weight excluding hydrogens is 108 g/mol. The van der Waals surface area contributed by atoms with Crippen molar-refractivity contribution >= 4 is 17.5 Å². The zero-order chi connectivity index (χ0) is 5.11. The number of hydrogen-bond donors (Lipinski definition) is 0. The fraction of sp³-hybridized carbons (Fsp3) is 0.250. The molecular formula is C4H5N2S-. The average Bonchev–Trinajstić information content (AvgIpc) is 2.14. The van der Waals surface area contributed by atoms with Crippen LogP contribution in [0.15, 0.2) is 16.9 Å². The van der Waals surface area contributed by atoms with Crippen LogP contribution in [0.1, 0.15) is 6.92 Å². The zero-order valence-electron chi connectivity index (χ0n) is 3.96. The largest absolute Gasteiger partial charge is 0.437 e. The number of hydrogen-bond acceptors (Lipinski definition) is 2. The molecule has 0 aromatic rings. The lowest BCUT2D eigenvalue weighted by atomic mass is 10.6. The second-order valence-electron chi connectivity index (χ2n) is 1.08. The summed E-state index contributed by atoms with van der Waals surface area (Å²) in [5.41, 5.74) is 1.72. The second-order valence-corrected chi connectivity index (χ2v) is 1.68. The molecule has 0 aromatic heterocycles. The van der Waals surface area contributed by atoms with Crippen LogP contribution in [0.4, 0.5) is 0 Å². The Hall–Kier alpha value is -0.440. The van der Waals surface area contributed by atoms with Crippen LogP contribution in [-0.4, -0.2) is 5.55 Å². The molecule has 3 heteroatoms. The van der Waals surface area contributed by atoms with E-state index in [-0.39, 0.29) is 0 Å². The fourth-order valence-corrected chi connectivity index (χ4v) is 0.769. The van der Waals surface area contributed by atoms with Crippen molar-refractivity contribution in [2.24, 2.45) is 4.99 Å². The molecule has 1 heterocycles. The smallest absolute Gasteiger partial charge is 0.0438 e. The monoisotopic (exact) mass is 113 g/mol. The first-order valence-electron chi connectivity index (χ1n) is 1.99. The summed E-state index contributed by atoms with van der Waals surface area (Å²) in [4.78, 5) is 3.89. The Morgan fingerprint density at radius 2 is 2.86 bits per heavy atom. The van der Waals surface area contributed by atoms with Crippen molar-refractivity contribution in [2.45, 2.75) is 6.92 Å². The lowest BCUT2D eigenvalue weighted by Crippen LogP contribution is -1.57. The van der Waals surface area contributed by atoms with Crippen LogP contribution in [0.2, 0.25) is 0 Å². The Morgan fingerprint density at radius 1 is 2.00 bits per heavy atom. The molecule has 0 saturated heterocycles. The minimum atomic E-state index is 0.824. The number of nitrogens with zero attached hydrogens (tertiary/aromatic N) is 2. The van der Waals surface area contributed by atoms with E-state index >= 15 is 0 Å². The van der Waals surface area contributed by atoms with E-state index in [1.54, 1.807) is 5.55 Å². The van der Waals surface area contributed by atoms with Crippen LogP contribution in [-0.2, 0) is 0 Å². The molecule has 0 amide bonds. The number of rotatable bonds is 0. The van der Waals surface area contributed by atoms with Gasteiger partial charge in [-0.3, -0.25) is 0 Å². The van der Waals surface area contributed by atoms with Crippen molar-refractivity contribution in [3.05, 3.63) is 16.6 Å². The molecule has 1 rings (SSSR count). The third-order valence-electron chi connectivity index (χ3n) is 0.637. The molecule has 0 N–H and O–H groups in total. The highest BCUT2D eigenvalue weighted by Crippen LogP contribution is 2.23. The van der Waals surface area contributed by atoms with Gasteiger partial charge in [0.2, 0.25) is 0 Å². The van der Waals surface area contributed by atoms with Crippen molar-refractivity contribution < 1.29 is 0 Å². The zero-order valence-corrected chi connectivity index (χ0v) is 4.77. The van der Waals surface area contributed by atoms with E-state index in [0.717, 1.165) is 5.82 Å². The predicted octanol–water partition coefficient (Wildman–Crippen LogP) is 1.91. The summed E-state index contributed by atoms with van der Waals surface area (Å²) in [5.74, 6) is 0.824.